The van der Waals surface area contributed by atoms with Gasteiger partial charge in [-0.15, -0.1) is 0 Å². The molecule has 0 bridgehead atoms. The number of aromatic nitrogens is 3. The van der Waals surface area contributed by atoms with Gasteiger partial charge in [-0.25, -0.2) is 9.67 Å². The highest BCUT2D eigenvalue weighted by atomic mass is 35.5. The van der Waals surface area contributed by atoms with E-state index in [0.717, 1.165) is 16.3 Å². The van der Waals surface area contributed by atoms with E-state index in [-0.39, 0.29) is 0 Å². The van der Waals surface area contributed by atoms with E-state index in [0.29, 0.717) is 12.6 Å². The van der Waals surface area contributed by atoms with Crippen LogP contribution in [0.4, 0.5) is 0 Å². The minimum atomic E-state index is 0.412. The first-order valence-electron chi connectivity index (χ1n) is 5.54. The maximum atomic E-state index is 6.23. The minimum absolute atomic E-state index is 0.412. The third kappa shape index (κ3) is 2.84. The van der Waals surface area contributed by atoms with Crippen LogP contribution in [0.15, 0.2) is 30.9 Å². The molecule has 1 aromatic heterocycles. The Bertz CT molecular complexity index is 479. The monoisotopic (exact) mass is 250 g/mol. The Morgan fingerprint density at radius 2 is 2.24 bits per heavy atom. The zero-order valence-corrected chi connectivity index (χ0v) is 10.6. The van der Waals surface area contributed by atoms with Crippen LogP contribution < -0.4 is 5.32 Å². The molecule has 1 aromatic carbocycles. The van der Waals surface area contributed by atoms with Crippen LogP contribution in [0.2, 0.25) is 5.02 Å². The summed E-state index contributed by atoms with van der Waals surface area (Å²) in [4.78, 5) is 3.95. The molecule has 2 aromatic rings. The lowest BCUT2D eigenvalue weighted by Crippen LogP contribution is -2.23. The van der Waals surface area contributed by atoms with E-state index in [4.69, 9.17) is 11.6 Å². The number of nitrogens with zero attached hydrogens (tertiary/aromatic N) is 3. The highest BCUT2D eigenvalue weighted by Crippen LogP contribution is 2.22. The third-order valence-corrected chi connectivity index (χ3v) is 2.80. The molecule has 1 N–H and O–H groups in total. The lowest BCUT2D eigenvalue weighted by atomic mass is 10.1. The van der Waals surface area contributed by atoms with E-state index in [1.54, 1.807) is 11.0 Å². The Labute approximate surface area is 106 Å². The molecule has 0 saturated carbocycles. The van der Waals surface area contributed by atoms with Crippen molar-refractivity contribution in [2.45, 2.75) is 26.4 Å². The van der Waals surface area contributed by atoms with Gasteiger partial charge in [0, 0.05) is 23.2 Å². The summed E-state index contributed by atoms with van der Waals surface area (Å²) in [6.45, 7) is 4.92. The first kappa shape index (κ1) is 12.1. The molecule has 0 fully saturated rings. The second-order valence-corrected chi connectivity index (χ2v) is 4.52. The van der Waals surface area contributed by atoms with Crippen molar-refractivity contribution in [3.8, 4) is 5.69 Å². The molecule has 5 heteroatoms. The Balaban J connectivity index is 2.35. The zero-order valence-electron chi connectivity index (χ0n) is 9.89. The highest BCUT2D eigenvalue weighted by molar-refractivity contribution is 6.31. The van der Waals surface area contributed by atoms with Crippen LogP contribution in [0, 0.1) is 0 Å². The van der Waals surface area contributed by atoms with Crippen molar-refractivity contribution in [1.29, 1.82) is 0 Å². The molecule has 0 aliphatic heterocycles. The van der Waals surface area contributed by atoms with Gasteiger partial charge in [-0.3, -0.25) is 0 Å². The number of hydrogen-bond acceptors (Lipinski definition) is 3. The molecular formula is C12H15ClN4. The predicted octanol–water partition coefficient (Wildman–Crippen LogP) is 2.42. The van der Waals surface area contributed by atoms with Gasteiger partial charge in [-0.1, -0.05) is 31.5 Å². The molecule has 1 heterocycles. The van der Waals surface area contributed by atoms with Crippen molar-refractivity contribution < 1.29 is 0 Å². The van der Waals surface area contributed by atoms with Gasteiger partial charge in [-0.05, 0) is 12.1 Å². The van der Waals surface area contributed by atoms with Gasteiger partial charge in [0.05, 0.1) is 5.69 Å². The number of rotatable bonds is 4. The molecule has 0 spiro atoms. The summed E-state index contributed by atoms with van der Waals surface area (Å²) in [5.74, 6) is 0. The van der Waals surface area contributed by atoms with E-state index in [9.17, 15) is 0 Å². The molecule has 90 valence electrons. The standard InChI is InChI=1S/C12H15ClN4/c1-9(2)15-6-10-11(13)4-3-5-12(10)17-8-14-7-16-17/h3-5,7-9,15H,6H2,1-2H3. The maximum absolute atomic E-state index is 6.23. The van der Waals surface area contributed by atoms with Gasteiger partial charge in [0.25, 0.3) is 0 Å². The van der Waals surface area contributed by atoms with Crippen LogP contribution in [0.5, 0.6) is 0 Å². The molecule has 4 nitrogen and oxygen atoms in total. The van der Waals surface area contributed by atoms with Crippen molar-refractivity contribution in [2.75, 3.05) is 0 Å². The van der Waals surface area contributed by atoms with Gasteiger partial charge >= 0.3 is 0 Å². The van der Waals surface area contributed by atoms with Crippen molar-refractivity contribution in [1.82, 2.24) is 20.1 Å². The summed E-state index contributed by atoms with van der Waals surface area (Å²) in [6.07, 6.45) is 3.19. The quantitative estimate of drug-likeness (QED) is 0.906. The normalized spacial score (nSPS) is 11.1. The highest BCUT2D eigenvalue weighted by Gasteiger charge is 2.09. The largest absolute Gasteiger partial charge is 0.310 e. The summed E-state index contributed by atoms with van der Waals surface area (Å²) in [5.41, 5.74) is 2.00. The number of benzene rings is 1. The predicted molar refractivity (Wildman–Crippen MR) is 68.3 cm³/mol. The van der Waals surface area contributed by atoms with Crippen LogP contribution in [-0.2, 0) is 6.54 Å². The molecule has 2 rings (SSSR count). The van der Waals surface area contributed by atoms with Crippen LogP contribution in [0.1, 0.15) is 19.4 Å². The zero-order chi connectivity index (χ0) is 12.3. The summed E-state index contributed by atoms with van der Waals surface area (Å²) in [5, 5.41) is 8.24. The van der Waals surface area contributed by atoms with Gasteiger partial charge in [0.1, 0.15) is 12.7 Å². The van der Waals surface area contributed by atoms with E-state index < -0.39 is 0 Å². The lowest BCUT2D eigenvalue weighted by Gasteiger charge is -2.13. The van der Waals surface area contributed by atoms with Crippen molar-refractivity contribution in [3.05, 3.63) is 41.4 Å². The summed E-state index contributed by atoms with van der Waals surface area (Å²) in [6, 6.07) is 6.20. The van der Waals surface area contributed by atoms with E-state index in [1.165, 1.54) is 6.33 Å². The Kier molecular flexibility index (Phi) is 3.76. The molecular weight excluding hydrogens is 236 g/mol. The third-order valence-electron chi connectivity index (χ3n) is 2.45. The van der Waals surface area contributed by atoms with E-state index in [2.05, 4.69) is 29.2 Å². The summed E-state index contributed by atoms with van der Waals surface area (Å²) in [7, 11) is 0. The average molecular weight is 251 g/mol. The molecule has 0 radical (unpaired) electrons. The fraction of sp³-hybridized carbons (Fsp3) is 0.333. The Morgan fingerprint density at radius 1 is 1.41 bits per heavy atom. The topological polar surface area (TPSA) is 42.7 Å². The molecule has 0 unspecified atom stereocenters. The van der Waals surface area contributed by atoms with Gasteiger partial charge in [-0.2, -0.15) is 5.10 Å². The van der Waals surface area contributed by atoms with E-state index >= 15 is 0 Å². The fourth-order valence-electron chi connectivity index (χ4n) is 1.58. The first-order valence-corrected chi connectivity index (χ1v) is 5.92. The number of nitrogens with one attached hydrogen (secondary N) is 1. The fourth-order valence-corrected chi connectivity index (χ4v) is 1.81. The van der Waals surface area contributed by atoms with Crippen LogP contribution in [0.25, 0.3) is 5.69 Å². The SMILES string of the molecule is CC(C)NCc1c(Cl)cccc1-n1cncn1. The molecule has 0 atom stereocenters. The number of halogens is 1. The van der Waals surface area contributed by atoms with Crippen LogP contribution in [0.3, 0.4) is 0 Å². The van der Waals surface area contributed by atoms with Gasteiger partial charge in [0.15, 0.2) is 0 Å². The molecule has 0 aliphatic carbocycles. The lowest BCUT2D eigenvalue weighted by molar-refractivity contribution is 0.586. The first-order chi connectivity index (χ1) is 8.18. The summed E-state index contributed by atoms with van der Waals surface area (Å²) >= 11 is 6.23. The molecule has 17 heavy (non-hydrogen) atoms. The second-order valence-electron chi connectivity index (χ2n) is 4.11. The van der Waals surface area contributed by atoms with Crippen molar-refractivity contribution in [2.24, 2.45) is 0 Å². The second kappa shape index (κ2) is 5.29. The van der Waals surface area contributed by atoms with Crippen molar-refractivity contribution >= 4 is 11.6 Å². The Hall–Kier alpha value is -1.39. The number of hydrogen-bond donors (Lipinski definition) is 1. The van der Waals surface area contributed by atoms with Crippen molar-refractivity contribution in [3.63, 3.8) is 0 Å². The molecule has 0 aliphatic rings. The summed E-state index contributed by atoms with van der Waals surface area (Å²) < 4.78 is 1.73. The van der Waals surface area contributed by atoms with E-state index in [1.807, 2.05) is 18.2 Å². The van der Waals surface area contributed by atoms with Crippen LogP contribution >= 0.6 is 11.6 Å². The molecule has 0 amide bonds. The van der Waals surface area contributed by atoms with Crippen LogP contribution in [-0.4, -0.2) is 20.8 Å². The van der Waals surface area contributed by atoms with Gasteiger partial charge in [0.2, 0.25) is 0 Å². The van der Waals surface area contributed by atoms with Gasteiger partial charge < -0.3 is 5.32 Å². The minimum Gasteiger partial charge on any atom is -0.310 e. The maximum Gasteiger partial charge on any atom is 0.138 e. The smallest absolute Gasteiger partial charge is 0.138 e. The average Bonchev–Trinajstić information content (AvgIpc) is 2.80. The Morgan fingerprint density at radius 3 is 2.88 bits per heavy atom. The molecule has 0 saturated heterocycles.